The number of ether oxygens (including phenoxy) is 1. The van der Waals surface area contributed by atoms with Crippen molar-refractivity contribution >= 4 is 21.9 Å². The zero-order valence-electron chi connectivity index (χ0n) is 17.7. The summed E-state index contributed by atoms with van der Waals surface area (Å²) < 4.78 is 9.08. The van der Waals surface area contributed by atoms with Gasteiger partial charge in [-0.25, -0.2) is 0 Å². The molecule has 2 heterocycles. The van der Waals surface area contributed by atoms with Gasteiger partial charge in [-0.3, -0.25) is 4.79 Å². The average Bonchev–Trinajstić information content (AvgIpc) is 3.33. The molecule has 7 heteroatoms. The first-order valence-corrected chi connectivity index (χ1v) is 11.7. The minimum atomic E-state index is -0.838. The van der Waals surface area contributed by atoms with Gasteiger partial charge >= 0.3 is 5.97 Å². The van der Waals surface area contributed by atoms with Crippen LogP contribution in [-0.2, 0) is 15.1 Å². The summed E-state index contributed by atoms with van der Waals surface area (Å²) >= 11 is 3.62. The Bertz CT molecular complexity index is 1140. The quantitative estimate of drug-likeness (QED) is 0.349. The van der Waals surface area contributed by atoms with Crippen LogP contribution in [0.5, 0.6) is 0 Å². The smallest absolute Gasteiger partial charge is 0.306 e. The number of carbonyl (C=O) groups excluding carboxylic acids is 1. The second kappa shape index (κ2) is 7.86. The lowest BCUT2D eigenvalue weighted by Crippen LogP contribution is -2.37. The largest absolute Gasteiger partial charge is 0.454 e. The number of rotatable bonds is 6. The first-order valence-electron chi connectivity index (χ1n) is 10.9. The van der Waals surface area contributed by atoms with E-state index in [1.807, 2.05) is 31.2 Å². The summed E-state index contributed by atoms with van der Waals surface area (Å²) in [6, 6.07) is 14.4. The molecule has 6 nitrogen and oxygen atoms in total. The van der Waals surface area contributed by atoms with E-state index in [2.05, 4.69) is 56.6 Å². The van der Waals surface area contributed by atoms with E-state index in [0.29, 0.717) is 6.42 Å². The molecule has 2 aliphatic rings. The zero-order chi connectivity index (χ0) is 21.6. The Morgan fingerprint density at radius 1 is 1.16 bits per heavy atom. The average molecular weight is 481 g/mol. The van der Waals surface area contributed by atoms with Crippen molar-refractivity contribution < 1.29 is 9.53 Å². The van der Waals surface area contributed by atoms with E-state index in [1.165, 1.54) is 5.56 Å². The van der Waals surface area contributed by atoms with Crippen molar-refractivity contribution in [1.82, 2.24) is 20.2 Å². The number of hydrogen-bond donors (Lipinski definition) is 0. The van der Waals surface area contributed by atoms with Gasteiger partial charge in [0.1, 0.15) is 5.60 Å². The summed E-state index contributed by atoms with van der Waals surface area (Å²) in [4.78, 5) is 12.9. The lowest BCUT2D eigenvalue weighted by molar-refractivity contribution is -0.161. The predicted molar refractivity (Wildman–Crippen MR) is 120 cm³/mol. The van der Waals surface area contributed by atoms with Gasteiger partial charge in [0.25, 0.3) is 0 Å². The molecular weight excluding hydrogens is 456 g/mol. The fourth-order valence-corrected chi connectivity index (χ4v) is 5.64. The van der Waals surface area contributed by atoms with E-state index in [4.69, 9.17) is 4.74 Å². The molecule has 3 unspecified atom stereocenters. The van der Waals surface area contributed by atoms with Crippen molar-refractivity contribution in [3.63, 3.8) is 0 Å². The lowest BCUT2D eigenvalue weighted by Gasteiger charge is -2.36. The van der Waals surface area contributed by atoms with Crippen LogP contribution in [0.1, 0.15) is 80.3 Å². The summed E-state index contributed by atoms with van der Waals surface area (Å²) in [5.74, 6) is 0.395. The first-order chi connectivity index (χ1) is 15.0. The van der Waals surface area contributed by atoms with Gasteiger partial charge in [0.15, 0.2) is 5.82 Å². The van der Waals surface area contributed by atoms with E-state index in [-0.39, 0.29) is 17.8 Å². The summed E-state index contributed by atoms with van der Waals surface area (Å²) in [5.41, 5.74) is 3.47. The van der Waals surface area contributed by atoms with Gasteiger partial charge in [0.05, 0.1) is 11.6 Å². The summed E-state index contributed by atoms with van der Waals surface area (Å²) in [7, 11) is 0. The fourth-order valence-electron chi connectivity index (χ4n) is 5.26. The molecule has 0 amide bonds. The van der Waals surface area contributed by atoms with Gasteiger partial charge in [0.2, 0.25) is 0 Å². The number of carbonyl (C=O) groups is 1. The van der Waals surface area contributed by atoms with Crippen LogP contribution in [0.25, 0.3) is 5.69 Å². The second-order valence-electron chi connectivity index (χ2n) is 8.59. The van der Waals surface area contributed by atoms with Crippen LogP contribution in [0.2, 0.25) is 0 Å². The van der Waals surface area contributed by atoms with Crippen molar-refractivity contribution in [2.75, 3.05) is 0 Å². The van der Waals surface area contributed by atoms with Gasteiger partial charge < -0.3 is 4.74 Å². The molecular formula is C24H25BrN4O2. The van der Waals surface area contributed by atoms with Crippen molar-refractivity contribution in [2.45, 2.75) is 63.4 Å². The van der Waals surface area contributed by atoms with Crippen molar-refractivity contribution in [3.05, 3.63) is 69.5 Å². The van der Waals surface area contributed by atoms with E-state index < -0.39 is 5.60 Å². The van der Waals surface area contributed by atoms with E-state index in [9.17, 15) is 4.79 Å². The molecule has 0 radical (unpaired) electrons. The summed E-state index contributed by atoms with van der Waals surface area (Å²) in [6.07, 6.45) is 4.61. The lowest BCUT2D eigenvalue weighted by atomic mass is 9.77. The third kappa shape index (κ3) is 3.21. The third-order valence-electron chi connectivity index (χ3n) is 6.64. The first kappa shape index (κ1) is 20.4. The minimum Gasteiger partial charge on any atom is -0.454 e. The Kier molecular flexibility index (Phi) is 5.16. The standard InChI is InChI=1S/C24H25BrN4O2/c1-3-4-5-6-11-20(30)31-24(2)18-10-8-7-9-16(18)21-17-14-15(25)12-13-19(17)29-23(22(21)24)26-27-28-29/h7-10,12-14,21-22H,3-6,11H2,1-2H3. The molecule has 3 aromatic rings. The monoisotopic (exact) mass is 480 g/mol. The molecule has 1 aliphatic heterocycles. The fraction of sp³-hybridized carbons (Fsp3) is 0.417. The highest BCUT2D eigenvalue weighted by molar-refractivity contribution is 9.10. The molecule has 160 valence electrons. The predicted octanol–water partition coefficient (Wildman–Crippen LogP) is 5.40. The molecule has 2 aromatic carbocycles. The number of tetrazole rings is 1. The molecule has 3 atom stereocenters. The molecule has 1 aromatic heterocycles. The Labute approximate surface area is 190 Å². The number of aromatic nitrogens is 4. The van der Waals surface area contributed by atoms with Crippen LogP contribution in [0.15, 0.2) is 46.9 Å². The Hall–Kier alpha value is -2.54. The topological polar surface area (TPSA) is 69.9 Å². The normalized spacial score (nSPS) is 22.9. The van der Waals surface area contributed by atoms with Gasteiger partial charge in [0, 0.05) is 16.8 Å². The van der Waals surface area contributed by atoms with Crippen LogP contribution in [-0.4, -0.2) is 26.2 Å². The van der Waals surface area contributed by atoms with Gasteiger partial charge in [-0.1, -0.05) is 66.4 Å². The molecule has 0 bridgehead atoms. The number of hydrogen-bond acceptors (Lipinski definition) is 5. The molecule has 0 spiro atoms. The SMILES string of the molecule is CCCCCCC(=O)OC1(C)c2ccccc2C2c3cc(Br)ccc3-n3nnnc3C21. The summed E-state index contributed by atoms with van der Waals surface area (Å²) in [5, 5.41) is 12.6. The molecule has 5 rings (SSSR count). The van der Waals surface area contributed by atoms with Crippen LogP contribution in [0, 0.1) is 0 Å². The molecule has 0 saturated carbocycles. The number of esters is 1. The van der Waals surface area contributed by atoms with Crippen LogP contribution in [0.3, 0.4) is 0 Å². The molecule has 0 fully saturated rings. The van der Waals surface area contributed by atoms with E-state index in [1.54, 1.807) is 4.68 Å². The highest BCUT2D eigenvalue weighted by Gasteiger charge is 2.57. The number of nitrogens with zero attached hydrogens (tertiary/aromatic N) is 4. The van der Waals surface area contributed by atoms with Crippen molar-refractivity contribution in [1.29, 1.82) is 0 Å². The van der Waals surface area contributed by atoms with Crippen molar-refractivity contribution in [3.8, 4) is 5.69 Å². The molecule has 1 aliphatic carbocycles. The van der Waals surface area contributed by atoms with Crippen LogP contribution in [0.4, 0.5) is 0 Å². The van der Waals surface area contributed by atoms with Gasteiger partial charge in [-0.15, -0.1) is 5.10 Å². The van der Waals surface area contributed by atoms with Crippen LogP contribution >= 0.6 is 15.9 Å². The Morgan fingerprint density at radius 2 is 2.00 bits per heavy atom. The molecule has 31 heavy (non-hydrogen) atoms. The maximum atomic E-state index is 12.9. The minimum absolute atomic E-state index is 0.0140. The second-order valence-corrected chi connectivity index (χ2v) is 9.50. The van der Waals surface area contributed by atoms with Crippen molar-refractivity contribution in [2.24, 2.45) is 0 Å². The third-order valence-corrected chi connectivity index (χ3v) is 7.14. The number of unbranched alkanes of at least 4 members (excludes halogenated alkanes) is 3. The van der Waals surface area contributed by atoms with E-state index in [0.717, 1.165) is 52.8 Å². The van der Waals surface area contributed by atoms with E-state index >= 15 is 0 Å². The van der Waals surface area contributed by atoms with Gasteiger partial charge in [-0.05, 0) is 58.7 Å². The number of benzene rings is 2. The summed E-state index contributed by atoms with van der Waals surface area (Å²) in [6.45, 7) is 4.18. The Balaban J connectivity index is 1.60. The Morgan fingerprint density at radius 3 is 2.84 bits per heavy atom. The maximum absolute atomic E-state index is 12.9. The van der Waals surface area contributed by atoms with Gasteiger partial charge in [-0.2, -0.15) is 4.68 Å². The molecule has 0 saturated heterocycles. The highest BCUT2D eigenvalue weighted by atomic mass is 79.9. The molecule has 0 N–H and O–H groups in total. The maximum Gasteiger partial charge on any atom is 0.306 e. The van der Waals surface area contributed by atoms with Crippen LogP contribution < -0.4 is 0 Å². The number of halogens is 1. The number of fused-ring (bicyclic) bond motifs is 8. The zero-order valence-corrected chi connectivity index (χ0v) is 19.3. The highest BCUT2D eigenvalue weighted by Crippen LogP contribution is 2.60.